The number of sulfonamides is 1. The van der Waals surface area contributed by atoms with Gasteiger partial charge in [-0.3, -0.25) is 4.79 Å². The van der Waals surface area contributed by atoms with Gasteiger partial charge in [0.15, 0.2) is 6.54 Å². The minimum absolute atomic E-state index is 0.0530. The fourth-order valence-electron chi connectivity index (χ4n) is 4.51. The minimum Gasteiger partial charge on any atom is -0.345 e. The van der Waals surface area contributed by atoms with Gasteiger partial charge in [0.05, 0.1) is 24.0 Å². The van der Waals surface area contributed by atoms with E-state index in [1.54, 1.807) is 12.1 Å². The Morgan fingerprint density at radius 3 is 2.50 bits per heavy atom. The molecule has 0 radical (unpaired) electrons. The third-order valence-corrected chi connectivity index (χ3v) is 6.91. The van der Waals surface area contributed by atoms with Gasteiger partial charge in [-0.2, -0.15) is 0 Å². The summed E-state index contributed by atoms with van der Waals surface area (Å²) in [6, 6.07) is 6.19. The summed E-state index contributed by atoms with van der Waals surface area (Å²) in [5.74, 6) is 1.73. The van der Waals surface area contributed by atoms with Crippen LogP contribution in [0.2, 0.25) is 0 Å². The van der Waals surface area contributed by atoms with Crippen LogP contribution in [0, 0.1) is 11.8 Å². The molecule has 144 valence electrons. The number of carbonyl (C=O) groups is 1. The van der Waals surface area contributed by atoms with Crippen molar-refractivity contribution >= 4 is 15.9 Å². The highest BCUT2D eigenvalue weighted by molar-refractivity contribution is 7.89. The zero-order chi connectivity index (χ0) is 18.7. The van der Waals surface area contributed by atoms with E-state index in [1.807, 2.05) is 6.92 Å². The lowest BCUT2D eigenvalue weighted by molar-refractivity contribution is -0.902. The second kappa shape index (κ2) is 8.06. The summed E-state index contributed by atoms with van der Waals surface area (Å²) in [5.41, 5.74) is 0.867. The summed E-state index contributed by atoms with van der Waals surface area (Å²) in [6.07, 6.45) is 6.65. The van der Waals surface area contributed by atoms with E-state index in [-0.39, 0.29) is 16.8 Å². The predicted octanol–water partition coefficient (Wildman–Crippen LogP) is 0.606. The fraction of sp³-hybridized carbons (Fsp3) is 0.632. The van der Waals surface area contributed by atoms with Gasteiger partial charge in [-0.05, 0) is 49.8 Å². The number of quaternary nitrogens is 1. The third kappa shape index (κ3) is 4.84. The SMILES string of the molecule is C[C@@H](NC(=O)C[NH+]1CC[C@@H]2CCCC[C@@H]2C1)c1ccc(S(N)(=O)=O)cc1. The lowest BCUT2D eigenvalue weighted by Crippen LogP contribution is -3.15. The van der Waals surface area contributed by atoms with E-state index >= 15 is 0 Å². The molecule has 1 aromatic rings. The Hall–Kier alpha value is -1.44. The van der Waals surface area contributed by atoms with Crippen LogP contribution in [0.15, 0.2) is 29.2 Å². The molecule has 4 atom stereocenters. The van der Waals surface area contributed by atoms with Gasteiger partial charge in [-0.1, -0.05) is 25.0 Å². The molecule has 3 rings (SSSR count). The number of rotatable bonds is 5. The Balaban J connectivity index is 1.51. The average molecular weight is 381 g/mol. The molecule has 1 aliphatic carbocycles. The second-order valence-corrected chi connectivity index (χ2v) is 9.44. The van der Waals surface area contributed by atoms with Gasteiger partial charge in [0.2, 0.25) is 10.0 Å². The van der Waals surface area contributed by atoms with Crippen molar-refractivity contribution in [2.45, 2.75) is 50.0 Å². The van der Waals surface area contributed by atoms with Crippen LogP contribution in [0.5, 0.6) is 0 Å². The van der Waals surface area contributed by atoms with E-state index in [9.17, 15) is 13.2 Å². The maximum absolute atomic E-state index is 12.4. The molecule has 1 unspecified atom stereocenters. The number of likely N-dealkylation sites (tertiary alicyclic amines) is 1. The van der Waals surface area contributed by atoms with Crippen molar-refractivity contribution in [2.75, 3.05) is 19.6 Å². The quantitative estimate of drug-likeness (QED) is 0.698. The van der Waals surface area contributed by atoms with Gasteiger partial charge in [0, 0.05) is 5.92 Å². The third-order valence-electron chi connectivity index (χ3n) is 5.98. The van der Waals surface area contributed by atoms with Crippen molar-refractivity contribution in [3.05, 3.63) is 29.8 Å². The molecule has 0 aromatic heterocycles. The number of nitrogens with two attached hydrogens (primary N) is 1. The highest BCUT2D eigenvalue weighted by Gasteiger charge is 2.34. The summed E-state index contributed by atoms with van der Waals surface area (Å²) in [6.45, 7) is 4.64. The van der Waals surface area contributed by atoms with Crippen LogP contribution in [-0.2, 0) is 14.8 Å². The van der Waals surface area contributed by atoms with Gasteiger partial charge in [0.25, 0.3) is 5.91 Å². The molecule has 1 saturated carbocycles. The Labute approximate surface area is 156 Å². The molecule has 1 amide bonds. The number of fused-ring (bicyclic) bond motifs is 1. The first kappa shape index (κ1) is 19.3. The summed E-state index contributed by atoms with van der Waals surface area (Å²) in [7, 11) is -3.69. The summed E-state index contributed by atoms with van der Waals surface area (Å²) >= 11 is 0. The van der Waals surface area contributed by atoms with Crippen molar-refractivity contribution in [2.24, 2.45) is 17.0 Å². The molecule has 6 nitrogen and oxygen atoms in total. The zero-order valence-corrected chi connectivity index (χ0v) is 16.2. The van der Waals surface area contributed by atoms with E-state index in [0.29, 0.717) is 6.54 Å². The molecule has 4 N–H and O–H groups in total. The molecule has 2 fully saturated rings. The Morgan fingerprint density at radius 1 is 1.19 bits per heavy atom. The maximum Gasteiger partial charge on any atom is 0.275 e. The van der Waals surface area contributed by atoms with Gasteiger partial charge in [0.1, 0.15) is 0 Å². The van der Waals surface area contributed by atoms with Crippen molar-refractivity contribution in [1.82, 2.24) is 5.32 Å². The number of benzene rings is 1. The lowest BCUT2D eigenvalue weighted by Gasteiger charge is -2.38. The van der Waals surface area contributed by atoms with Crippen molar-refractivity contribution in [3.8, 4) is 0 Å². The minimum atomic E-state index is -3.69. The molecule has 26 heavy (non-hydrogen) atoms. The summed E-state index contributed by atoms with van der Waals surface area (Å²) in [5, 5.41) is 8.15. The van der Waals surface area contributed by atoms with Crippen molar-refractivity contribution in [1.29, 1.82) is 0 Å². The van der Waals surface area contributed by atoms with Crippen LogP contribution in [0.25, 0.3) is 0 Å². The number of nitrogens with one attached hydrogen (secondary N) is 2. The first-order chi connectivity index (χ1) is 12.3. The molecule has 1 aliphatic heterocycles. The van der Waals surface area contributed by atoms with Crippen LogP contribution in [0.3, 0.4) is 0 Å². The van der Waals surface area contributed by atoms with Crippen LogP contribution >= 0.6 is 0 Å². The van der Waals surface area contributed by atoms with E-state index < -0.39 is 10.0 Å². The lowest BCUT2D eigenvalue weighted by atomic mass is 9.75. The van der Waals surface area contributed by atoms with Crippen molar-refractivity contribution < 1.29 is 18.1 Å². The standard InChI is InChI=1S/C19H29N3O3S/c1-14(15-6-8-18(9-7-15)26(20,24)25)21-19(23)13-22-11-10-16-4-2-3-5-17(16)12-22/h6-9,14,16-17H,2-5,10-13H2,1H3,(H,21,23)(H2,20,24,25)/p+1/t14-,16+,17-/m1/s1. The monoisotopic (exact) mass is 380 g/mol. The zero-order valence-electron chi connectivity index (χ0n) is 15.4. The molecule has 1 heterocycles. The summed E-state index contributed by atoms with van der Waals surface area (Å²) in [4.78, 5) is 13.9. The number of amides is 1. The molecule has 2 aliphatic rings. The fourth-order valence-corrected chi connectivity index (χ4v) is 5.02. The highest BCUT2D eigenvalue weighted by Crippen LogP contribution is 2.32. The molecule has 0 bridgehead atoms. The smallest absolute Gasteiger partial charge is 0.275 e. The van der Waals surface area contributed by atoms with E-state index in [0.717, 1.165) is 30.5 Å². The predicted molar refractivity (Wildman–Crippen MR) is 100 cm³/mol. The first-order valence-corrected chi connectivity index (χ1v) is 11.1. The molecular formula is C19H30N3O3S+. The highest BCUT2D eigenvalue weighted by atomic mass is 32.2. The van der Waals surface area contributed by atoms with E-state index in [2.05, 4.69) is 5.32 Å². The molecular weight excluding hydrogens is 350 g/mol. The largest absolute Gasteiger partial charge is 0.345 e. The Morgan fingerprint density at radius 2 is 1.85 bits per heavy atom. The number of hydrogen-bond acceptors (Lipinski definition) is 3. The normalized spacial score (nSPS) is 27.4. The van der Waals surface area contributed by atoms with Crippen LogP contribution < -0.4 is 15.4 Å². The van der Waals surface area contributed by atoms with Gasteiger partial charge in [-0.15, -0.1) is 0 Å². The van der Waals surface area contributed by atoms with E-state index in [1.165, 1.54) is 49.1 Å². The van der Waals surface area contributed by atoms with E-state index in [4.69, 9.17) is 5.14 Å². The van der Waals surface area contributed by atoms with Gasteiger partial charge in [-0.25, -0.2) is 13.6 Å². The number of carbonyl (C=O) groups excluding carboxylic acids is 1. The second-order valence-electron chi connectivity index (χ2n) is 7.88. The van der Waals surface area contributed by atoms with Crippen LogP contribution in [0.1, 0.15) is 50.6 Å². The Bertz CT molecular complexity index is 733. The number of piperidine rings is 1. The van der Waals surface area contributed by atoms with Gasteiger partial charge >= 0.3 is 0 Å². The van der Waals surface area contributed by atoms with Gasteiger partial charge < -0.3 is 10.2 Å². The maximum atomic E-state index is 12.4. The number of primary sulfonamides is 1. The van der Waals surface area contributed by atoms with Crippen LogP contribution in [-0.4, -0.2) is 34.0 Å². The van der Waals surface area contributed by atoms with Crippen molar-refractivity contribution in [3.63, 3.8) is 0 Å². The topological polar surface area (TPSA) is 93.7 Å². The summed E-state index contributed by atoms with van der Waals surface area (Å²) < 4.78 is 22.6. The molecule has 1 aromatic carbocycles. The van der Waals surface area contributed by atoms with Crippen LogP contribution in [0.4, 0.5) is 0 Å². The molecule has 0 spiro atoms. The molecule has 7 heteroatoms. The Kier molecular flexibility index (Phi) is 5.99. The first-order valence-electron chi connectivity index (χ1n) is 9.58. The molecule has 1 saturated heterocycles. The average Bonchev–Trinajstić information content (AvgIpc) is 2.61. The number of hydrogen-bond donors (Lipinski definition) is 3.